The molecule has 6 rings (SSSR count). The van der Waals surface area contributed by atoms with Crippen LogP contribution in [0.2, 0.25) is 0 Å². The molecule has 312 valence electrons. The number of fused-ring (bicyclic) bond motifs is 2. The first-order chi connectivity index (χ1) is 25.4. The van der Waals surface area contributed by atoms with Gasteiger partial charge in [0.2, 0.25) is 11.8 Å². The van der Waals surface area contributed by atoms with Crippen LogP contribution in [0, 0.1) is 58.7 Å². The van der Waals surface area contributed by atoms with Gasteiger partial charge in [-0.1, -0.05) is 34.6 Å². The van der Waals surface area contributed by atoms with E-state index in [0.717, 1.165) is 38.6 Å². The van der Waals surface area contributed by atoms with E-state index in [1.54, 1.807) is 19.1 Å². The Morgan fingerprint density at radius 1 is 1.04 bits per heavy atom. The molecule has 11 nitrogen and oxygen atoms in total. The van der Waals surface area contributed by atoms with Crippen molar-refractivity contribution < 1.29 is 33.8 Å². The number of aliphatic hydroxyl groups is 2. The Morgan fingerprint density at radius 2 is 1.74 bits per heavy atom. The number of nitrogens with one attached hydrogen (secondary N) is 2. The summed E-state index contributed by atoms with van der Waals surface area (Å²) in [5.41, 5.74) is 0.271. The second-order valence-corrected chi connectivity index (χ2v) is 19.8. The van der Waals surface area contributed by atoms with E-state index in [1.165, 1.54) is 6.42 Å². The predicted molar refractivity (Wildman–Crippen MR) is 209 cm³/mol. The molecule has 6 fully saturated rings. The molecule has 12 heteroatoms. The molecule has 2 amide bonds. The SMILES string of the molecule is COC1C(CN2O[C@@H](CO)[C@H]([C@H](C)O)[C@H]2C(=O)N[C@@H]2C[C@H]3C[C@@H]([C@@H]2C)C3(C)C)C(F)CCC1C1CC(C(=O)N[C@H](CC(C)C)CN(C)C)CC(N(C)C)C1. The van der Waals surface area contributed by atoms with Crippen molar-refractivity contribution in [1.29, 1.82) is 0 Å². The monoisotopic (exact) mass is 766 g/mol. The predicted octanol–water partition coefficient (Wildman–Crippen LogP) is 3.97. The number of alkyl halides is 1. The number of likely N-dealkylation sites (N-methyl/N-ethyl adjacent to an activating group) is 1. The molecule has 5 aliphatic carbocycles. The van der Waals surface area contributed by atoms with Crippen molar-refractivity contribution in [2.75, 3.05) is 55.0 Å². The van der Waals surface area contributed by atoms with Crippen molar-refractivity contribution in [3.63, 3.8) is 0 Å². The Labute approximate surface area is 325 Å². The lowest BCUT2D eigenvalue weighted by molar-refractivity contribution is -0.199. The fourth-order valence-electron chi connectivity index (χ4n) is 11.9. The number of nitrogens with zero attached hydrogens (tertiary/aromatic N) is 3. The van der Waals surface area contributed by atoms with Gasteiger partial charge in [0.15, 0.2) is 0 Å². The zero-order valence-corrected chi connectivity index (χ0v) is 35.3. The molecule has 1 saturated heterocycles. The van der Waals surface area contributed by atoms with Crippen molar-refractivity contribution in [3.8, 4) is 0 Å². The van der Waals surface area contributed by atoms with Crippen LogP contribution in [0.3, 0.4) is 0 Å². The van der Waals surface area contributed by atoms with Crippen LogP contribution in [0.25, 0.3) is 0 Å². The minimum Gasteiger partial charge on any atom is -0.394 e. The van der Waals surface area contributed by atoms with E-state index < -0.39 is 42.4 Å². The Kier molecular flexibility index (Phi) is 14.6. The van der Waals surface area contributed by atoms with Gasteiger partial charge in [0, 0.05) is 56.1 Å². The molecular formula is C42H76FN5O6. The molecule has 5 saturated carbocycles. The zero-order chi connectivity index (χ0) is 39.8. The normalized spacial score (nSPS) is 40.8. The van der Waals surface area contributed by atoms with Crippen LogP contribution < -0.4 is 10.6 Å². The summed E-state index contributed by atoms with van der Waals surface area (Å²) in [6, 6.07) is -0.584. The largest absolute Gasteiger partial charge is 0.394 e. The molecule has 0 spiro atoms. The summed E-state index contributed by atoms with van der Waals surface area (Å²) in [7, 11) is 9.88. The van der Waals surface area contributed by atoms with Crippen LogP contribution in [0.5, 0.6) is 0 Å². The number of aliphatic hydroxyl groups excluding tert-OH is 2. The van der Waals surface area contributed by atoms with E-state index >= 15 is 4.39 Å². The smallest absolute Gasteiger partial charge is 0.240 e. The first kappa shape index (κ1) is 43.7. The number of amides is 2. The standard InChI is InChI=1S/C42H76FN5O6/c1-23(2)14-29(20-46(7)8)44-40(51)27-15-26(16-30(17-27)47(9)10)31-12-13-34(43)32(39(31)53-11)21-48-38(37(25(4)50)36(22-49)54-48)41(52)45-35-19-28-18-33(24(35)3)42(28,5)6/h23-39,49-50H,12-22H2,1-11H3,(H,44,51)(H,45,52)/t24-,25-,26?,27?,28+,29+,30?,31?,32?,33-,34?,35+,36-,37-,38-,39?/m0/s1. The van der Waals surface area contributed by atoms with Gasteiger partial charge < -0.3 is 35.4 Å². The average Bonchev–Trinajstić information content (AvgIpc) is 3.47. The average molecular weight is 766 g/mol. The Bertz CT molecular complexity index is 1240. The molecular weight excluding hydrogens is 689 g/mol. The summed E-state index contributed by atoms with van der Waals surface area (Å²) in [5, 5.41) is 29.7. The lowest BCUT2D eigenvalue weighted by Crippen LogP contribution is -2.62. The summed E-state index contributed by atoms with van der Waals surface area (Å²) in [6.07, 6.45) is 3.09. The molecule has 16 atom stereocenters. The maximum atomic E-state index is 16.3. The number of carbonyl (C=O) groups is 2. The first-order valence-corrected chi connectivity index (χ1v) is 21.2. The summed E-state index contributed by atoms with van der Waals surface area (Å²) >= 11 is 0. The molecule has 1 heterocycles. The molecule has 7 unspecified atom stereocenters. The number of hydrogen-bond donors (Lipinski definition) is 4. The molecule has 6 aliphatic rings. The number of halogens is 1. The summed E-state index contributed by atoms with van der Waals surface area (Å²) in [5.74, 6) is 0.496. The molecule has 0 aromatic heterocycles. The zero-order valence-electron chi connectivity index (χ0n) is 35.3. The number of carbonyl (C=O) groups excluding carboxylic acids is 2. The third-order valence-electron chi connectivity index (χ3n) is 14.9. The Hall–Kier alpha value is -1.41. The molecule has 1 aliphatic heterocycles. The van der Waals surface area contributed by atoms with Crippen LogP contribution in [0.1, 0.15) is 92.9 Å². The van der Waals surface area contributed by atoms with Crippen molar-refractivity contribution in [3.05, 3.63) is 0 Å². The van der Waals surface area contributed by atoms with Gasteiger partial charge in [-0.15, -0.1) is 0 Å². The lowest BCUT2D eigenvalue weighted by Gasteiger charge is -2.62. The topological polar surface area (TPSA) is 127 Å². The molecule has 4 N–H and O–H groups in total. The van der Waals surface area contributed by atoms with Crippen LogP contribution in [0.4, 0.5) is 4.39 Å². The van der Waals surface area contributed by atoms with E-state index in [4.69, 9.17) is 9.57 Å². The van der Waals surface area contributed by atoms with Crippen LogP contribution in [0.15, 0.2) is 0 Å². The van der Waals surface area contributed by atoms with E-state index in [0.29, 0.717) is 36.5 Å². The first-order valence-electron chi connectivity index (χ1n) is 21.2. The second kappa shape index (κ2) is 18.0. The second-order valence-electron chi connectivity index (χ2n) is 19.8. The van der Waals surface area contributed by atoms with Crippen molar-refractivity contribution in [2.24, 2.45) is 58.7 Å². The highest BCUT2D eigenvalue weighted by molar-refractivity contribution is 5.83. The van der Waals surface area contributed by atoms with Crippen LogP contribution >= 0.6 is 0 Å². The highest BCUT2D eigenvalue weighted by Gasteiger charge is 2.58. The summed E-state index contributed by atoms with van der Waals surface area (Å²) in [6.45, 7) is 13.4. The van der Waals surface area contributed by atoms with E-state index in [2.05, 4.69) is 69.1 Å². The number of ether oxygens (including phenoxy) is 1. The van der Waals surface area contributed by atoms with Crippen molar-refractivity contribution >= 4 is 11.8 Å². The minimum atomic E-state index is -1.18. The molecule has 0 radical (unpaired) electrons. The van der Waals surface area contributed by atoms with Gasteiger partial charge in [-0.05, 0) is 127 Å². The molecule has 2 bridgehead atoms. The highest BCUT2D eigenvalue weighted by atomic mass is 19.1. The highest BCUT2D eigenvalue weighted by Crippen LogP contribution is 2.61. The van der Waals surface area contributed by atoms with Gasteiger partial charge in [-0.3, -0.25) is 14.4 Å². The van der Waals surface area contributed by atoms with Gasteiger partial charge in [0.05, 0.1) is 18.8 Å². The Balaban J connectivity index is 1.34. The molecule has 0 aromatic carbocycles. The summed E-state index contributed by atoms with van der Waals surface area (Å²) < 4.78 is 22.6. The fourth-order valence-corrected chi connectivity index (χ4v) is 11.9. The van der Waals surface area contributed by atoms with Gasteiger partial charge in [-0.25, -0.2) is 4.39 Å². The van der Waals surface area contributed by atoms with E-state index in [1.807, 2.05) is 14.1 Å². The van der Waals surface area contributed by atoms with Gasteiger partial charge in [0.1, 0.15) is 18.3 Å². The quantitative estimate of drug-likeness (QED) is 0.196. The number of methoxy groups -OCH3 is 1. The van der Waals surface area contributed by atoms with E-state index in [9.17, 15) is 19.8 Å². The van der Waals surface area contributed by atoms with Crippen LogP contribution in [-0.2, 0) is 19.2 Å². The fraction of sp³-hybridized carbons (Fsp3) is 0.952. The number of rotatable bonds is 15. The van der Waals surface area contributed by atoms with Crippen molar-refractivity contribution in [1.82, 2.24) is 25.5 Å². The van der Waals surface area contributed by atoms with Gasteiger partial charge in [-0.2, -0.15) is 5.06 Å². The van der Waals surface area contributed by atoms with Crippen LogP contribution in [-0.4, -0.2) is 141 Å². The number of hydrogen-bond acceptors (Lipinski definition) is 9. The molecule has 54 heavy (non-hydrogen) atoms. The van der Waals surface area contributed by atoms with E-state index in [-0.39, 0.29) is 66.3 Å². The number of hydroxylamine groups is 2. The third kappa shape index (κ3) is 9.31. The maximum Gasteiger partial charge on any atom is 0.240 e. The third-order valence-corrected chi connectivity index (χ3v) is 14.9. The Morgan fingerprint density at radius 3 is 2.30 bits per heavy atom. The lowest BCUT2D eigenvalue weighted by atomic mass is 9.45. The van der Waals surface area contributed by atoms with Gasteiger partial charge in [0.25, 0.3) is 0 Å². The summed E-state index contributed by atoms with van der Waals surface area (Å²) in [4.78, 5) is 38.9. The van der Waals surface area contributed by atoms with Gasteiger partial charge >= 0.3 is 0 Å². The minimum absolute atomic E-state index is 0.0169. The van der Waals surface area contributed by atoms with Crippen molar-refractivity contribution in [2.45, 2.75) is 142 Å². The molecule has 0 aromatic rings. The maximum absolute atomic E-state index is 16.3.